The molecule has 1 aliphatic carbocycles. The maximum Gasteiger partial charge on any atom is 0.436 e. The van der Waals surface area contributed by atoms with Gasteiger partial charge < -0.3 is 5.32 Å². The van der Waals surface area contributed by atoms with E-state index in [2.05, 4.69) is 20.5 Å². The van der Waals surface area contributed by atoms with Gasteiger partial charge in [0.25, 0.3) is 5.91 Å². The molecule has 7 nitrogen and oxygen atoms in total. The minimum atomic E-state index is -4.76. The summed E-state index contributed by atoms with van der Waals surface area (Å²) in [6.45, 7) is 1.37. The molecule has 0 radical (unpaired) electrons. The Labute approximate surface area is 198 Å². The first-order valence-corrected chi connectivity index (χ1v) is 10.8. The number of carbonyl (C=O) groups is 1. The van der Waals surface area contributed by atoms with Gasteiger partial charge in [0.1, 0.15) is 10.7 Å². The van der Waals surface area contributed by atoms with Gasteiger partial charge in [0.15, 0.2) is 17.0 Å². The van der Waals surface area contributed by atoms with Crippen LogP contribution in [0.3, 0.4) is 0 Å². The van der Waals surface area contributed by atoms with Crippen LogP contribution in [0.1, 0.15) is 58.4 Å². The lowest BCUT2D eigenvalue weighted by Gasteiger charge is -2.09. The van der Waals surface area contributed by atoms with E-state index in [0.717, 1.165) is 6.07 Å². The number of fused-ring (bicyclic) bond motifs is 1. The molecule has 3 heterocycles. The summed E-state index contributed by atoms with van der Waals surface area (Å²) in [5, 5.41) is 8.96. The second-order valence-electron chi connectivity index (χ2n) is 7.83. The zero-order valence-electron chi connectivity index (χ0n) is 17.4. The average molecular weight is 529 g/mol. The first-order chi connectivity index (χ1) is 15.8. The summed E-state index contributed by atoms with van der Waals surface area (Å²) in [5.74, 6) is -0.945. The molecule has 0 aliphatic heterocycles. The molecule has 184 valence electrons. The Balaban J connectivity index is 1.47. The first-order valence-electron chi connectivity index (χ1n) is 10.0. The molecule has 15 heteroatoms. The van der Waals surface area contributed by atoms with Crippen molar-refractivity contribution in [3.8, 4) is 0 Å². The van der Waals surface area contributed by atoms with Crippen LogP contribution in [0, 0.1) is 6.92 Å². The molecule has 1 fully saturated rings. The molecule has 0 aromatic carbocycles. The fourth-order valence-corrected chi connectivity index (χ4v) is 4.17. The average Bonchev–Trinajstić information content (AvgIpc) is 3.42. The highest BCUT2D eigenvalue weighted by Gasteiger charge is 2.42. The lowest BCUT2D eigenvalue weighted by atomic mass is 10.2. The van der Waals surface area contributed by atoms with Gasteiger partial charge in [-0.15, -0.1) is 0 Å². The van der Waals surface area contributed by atoms with Crippen molar-refractivity contribution in [1.29, 1.82) is 0 Å². The van der Waals surface area contributed by atoms with Crippen LogP contribution in [0.2, 0.25) is 10.0 Å². The van der Waals surface area contributed by atoms with E-state index >= 15 is 0 Å². The number of hydrogen-bond donors (Lipinski definition) is 1. The van der Waals surface area contributed by atoms with Crippen LogP contribution in [0.5, 0.6) is 0 Å². The number of rotatable bonds is 6. The molecular weight excluding hydrogens is 513 g/mol. The summed E-state index contributed by atoms with van der Waals surface area (Å²) in [7, 11) is 0. The lowest BCUT2D eigenvalue weighted by molar-refractivity contribution is -0.143. The maximum atomic E-state index is 13.3. The normalized spacial score (nSPS) is 14.7. The van der Waals surface area contributed by atoms with Gasteiger partial charge in [-0.25, -0.2) is 9.50 Å². The number of aryl methyl sites for hydroxylation is 2. The van der Waals surface area contributed by atoms with Crippen molar-refractivity contribution in [1.82, 2.24) is 29.7 Å². The standard InChI is InChI=1S/C19H16Cl2F6N6O/c1-8-7-10(18(22,23)24)33-16(29-8)11(20)13(30-33)17(34)28-5-2-6-32-14(9-3-4-9)12(21)15(31-32)19(25,26)27/h7,9H,2-6H2,1H3,(H,28,34). The molecule has 3 aromatic heterocycles. The highest BCUT2D eigenvalue weighted by atomic mass is 35.5. The molecular formula is C19H16Cl2F6N6O. The van der Waals surface area contributed by atoms with Crippen LogP contribution in [0.25, 0.3) is 5.65 Å². The monoisotopic (exact) mass is 528 g/mol. The Morgan fingerprint density at radius 2 is 1.79 bits per heavy atom. The molecule has 3 aromatic rings. The molecule has 0 saturated heterocycles. The number of aromatic nitrogens is 5. The predicted molar refractivity (Wildman–Crippen MR) is 109 cm³/mol. The maximum absolute atomic E-state index is 13.3. The van der Waals surface area contributed by atoms with E-state index in [0.29, 0.717) is 23.1 Å². The van der Waals surface area contributed by atoms with Crippen LogP contribution in [0.15, 0.2) is 6.07 Å². The molecule has 1 aliphatic rings. The molecule has 1 amide bonds. The second kappa shape index (κ2) is 8.59. The van der Waals surface area contributed by atoms with E-state index in [1.807, 2.05) is 0 Å². The molecule has 0 bridgehead atoms. The van der Waals surface area contributed by atoms with Gasteiger partial charge in [-0.3, -0.25) is 9.48 Å². The SMILES string of the molecule is Cc1cc(C(F)(F)F)n2nc(C(=O)NCCCn3nc(C(F)(F)F)c(Cl)c3C3CC3)c(Cl)c2n1. The van der Waals surface area contributed by atoms with Crippen LogP contribution in [-0.4, -0.2) is 36.8 Å². The zero-order valence-corrected chi connectivity index (χ0v) is 18.9. The third-order valence-corrected chi connectivity index (χ3v) is 5.88. The van der Waals surface area contributed by atoms with Gasteiger partial charge in [-0.2, -0.15) is 36.5 Å². The molecule has 34 heavy (non-hydrogen) atoms. The molecule has 0 atom stereocenters. The highest BCUT2D eigenvalue weighted by Crippen LogP contribution is 2.46. The van der Waals surface area contributed by atoms with Gasteiger partial charge >= 0.3 is 12.4 Å². The van der Waals surface area contributed by atoms with Crippen molar-refractivity contribution in [2.75, 3.05) is 6.54 Å². The van der Waals surface area contributed by atoms with Gasteiger partial charge in [0.2, 0.25) is 0 Å². The minimum Gasteiger partial charge on any atom is -0.351 e. The lowest BCUT2D eigenvalue weighted by Crippen LogP contribution is -2.26. The Morgan fingerprint density at radius 1 is 1.12 bits per heavy atom. The van der Waals surface area contributed by atoms with Crippen LogP contribution >= 0.6 is 23.2 Å². The fourth-order valence-electron chi connectivity index (χ4n) is 3.53. The smallest absolute Gasteiger partial charge is 0.351 e. The van der Waals surface area contributed by atoms with Crippen molar-refractivity contribution in [3.63, 3.8) is 0 Å². The highest BCUT2D eigenvalue weighted by molar-refractivity contribution is 6.36. The van der Waals surface area contributed by atoms with Crippen molar-refractivity contribution >= 4 is 34.8 Å². The Kier molecular flexibility index (Phi) is 6.21. The minimum absolute atomic E-state index is 0.0233. The number of alkyl halides is 6. The topological polar surface area (TPSA) is 77.1 Å². The summed E-state index contributed by atoms with van der Waals surface area (Å²) in [4.78, 5) is 16.4. The molecule has 1 N–H and O–H groups in total. The van der Waals surface area contributed by atoms with Crippen LogP contribution in [-0.2, 0) is 18.9 Å². The Hall–Kier alpha value is -2.54. The quantitative estimate of drug-likeness (QED) is 0.349. The number of nitrogens with zero attached hydrogens (tertiary/aromatic N) is 5. The Bertz CT molecular complexity index is 1260. The van der Waals surface area contributed by atoms with E-state index in [-0.39, 0.29) is 41.8 Å². The van der Waals surface area contributed by atoms with Crippen LogP contribution < -0.4 is 5.32 Å². The van der Waals surface area contributed by atoms with E-state index in [4.69, 9.17) is 23.2 Å². The predicted octanol–water partition coefficient (Wildman–Crippen LogP) is 5.28. The van der Waals surface area contributed by atoms with E-state index < -0.39 is 40.4 Å². The fraction of sp³-hybridized carbons (Fsp3) is 0.474. The summed E-state index contributed by atoms with van der Waals surface area (Å²) in [6.07, 6.45) is -7.86. The van der Waals surface area contributed by atoms with Gasteiger partial charge in [-0.05, 0) is 32.3 Å². The zero-order chi connectivity index (χ0) is 25.0. The second-order valence-corrected chi connectivity index (χ2v) is 8.59. The van der Waals surface area contributed by atoms with Crippen molar-refractivity contribution in [2.24, 2.45) is 0 Å². The number of nitrogens with one attached hydrogen (secondary N) is 1. The number of amides is 1. The largest absolute Gasteiger partial charge is 0.436 e. The molecule has 0 spiro atoms. The number of halogens is 8. The molecule has 4 rings (SSSR count). The van der Waals surface area contributed by atoms with E-state index in [1.54, 1.807) is 0 Å². The van der Waals surface area contributed by atoms with Gasteiger partial charge in [0, 0.05) is 24.7 Å². The van der Waals surface area contributed by atoms with E-state index in [9.17, 15) is 31.1 Å². The van der Waals surface area contributed by atoms with Crippen molar-refractivity contribution < 1.29 is 31.1 Å². The van der Waals surface area contributed by atoms with Gasteiger partial charge in [0.05, 0.1) is 10.7 Å². The first kappa shape index (κ1) is 24.6. The van der Waals surface area contributed by atoms with E-state index in [1.165, 1.54) is 11.6 Å². The summed E-state index contributed by atoms with van der Waals surface area (Å²) >= 11 is 12.0. The third-order valence-electron chi connectivity index (χ3n) is 5.16. The summed E-state index contributed by atoms with van der Waals surface area (Å²) < 4.78 is 81.1. The number of carbonyl (C=O) groups excluding carboxylic acids is 1. The molecule has 0 unspecified atom stereocenters. The third kappa shape index (κ3) is 4.67. The Morgan fingerprint density at radius 3 is 2.38 bits per heavy atom. The van der Waals surface area contributed by atoms with Crippen molar-refractivity contribution in [3.05, 3.63) is 44.6 Å². The summed E-state index contributed by atoms with van der Waals surface area (Å²) in [5.41, 5.74) is -2.72. The molecule has 1 saturated carbocycles. The van der Waals surface area contributed by atoms with Crippen LogP contribution in [0.4, 0.5) is 26.3 Å². The summed E-state index contributed by atoms with van der Waals surface area (Å²) in [6, 6.07) is 0.778. The van der Waals surface area contributed by atoms with Gasteiger partial charge in [-0.1, -0.05) is 23.2 Å². The van der Waals surface area contributed by atoms with Crippen molar-refractivity contribution in [2.45, 2.75) is 51.0 Å². The number of hydrogen-bond acceptors (Lipinski definition) is 4.